The average molecular weight is 210 g/mol. The summed E-state index contributed by atoms with van der Waals surface area (Å²) in [6.45, 7) is 2.31. The maximum atomic E-state index is 11.0. The fourth-order valence-corrected chi connectivity index (χ4v) is 1.41. The Labute approximate surface area is 90.1 Å². The van der Waals surface area contributed by atoms with Crippen LogP contribution >= 0.6 is 0 Å². The summed E-state index contributed by atoms with van der Waals surface area (Å²) in [6, 6.07) is 0. The van der Waals surface area contributed by atoms with Crippen LogP contribution in [0.1, 0.15) is 38.4 Å². The highest BCUT2D eigenvalue weighted by molar-refractivity contribution is 5.69. The molecule has 0 spiro atoms. The number of esters is 1. The lowest BCUT2D eigenvalue weighted by molar-refractivity contribution is -0.143. The van der Waals surface area contributed by atoms with Crippen molar-refractivity contribution in [1.29, 1.82) is 0 Å². The van der Waals surface area contributed by atoms with Crippen LogP contribution in [-0.4, -0.2) is 22.5 Å². The molecule has 0 aliphatic heterocycles. The van der Waals surface area contributed by atoms with Gasteiger partial charge in [-0.2, -0.15) is 0 Å². The Hall–Kier alpha value is -1.32. The molecule has 4 heteroatoms. The molecule has 1 N–H and O–H groups in total. The second kappa shape index (κ2) is 7.04. The van der Waals surface area contributed by atoms with Crippen molar-refractivity contribution >= 4 is 5.97 Å². The highest BCUT2D eigenvalue weighted by Gasteiger charge is 2.01. The van der Waals surface area contributed by atoms with Gasteiger partial charge in [0, 0.05) is 25.2 Å². The van der Waals surface area contributed by atoms with Crippen molar-refractivity contribution in [1.82, 2.24) is 9.97 Å². The van der Waals surface area contributed by atoms with Gasteiger partial charge in [-0.15, -0.1) is 0 Å². The Morgan fingerprint density at radius 1 is 1.47 bits per heavy atom. The molecule has 84 valence electrons. The normalized spacial score (nSPS) is 10.2. The molecule has 1 aromatic heterocycles. The molecule has 0 amide bonds. The number of hydrogen-bond donors (Lipinski definition) is 1. The van der Waals surface area contributed by atoms with Crippen molar-refractivity contribution in [2.75, 3.05) is 6.61 Å². The van der Waals surface area contributed by atoms with Gasteiger partial charge in [0.15, 0.2) is 0 Å². The minimum absolute atomic E-state index is 0.0875. The Morgan fingerprint density at radius 2 is 2.33 bits per heavy atom. The summed E-state index contributed by atoms with van der Waals surface area (Å²) in [6.07, 6.45) is 8.08. The molecule has 1 aromatic rings. The van der Waals surface area contributed by atoms with Gasteiger partial charge < -0.3 is 9.72 Å². The van der Waals surface area contributed by atoms with Crippen LogP contribution in [0.15, 0.2) is 12.4 Å². The quantitative estimate of drug-likeness (QED) is 0.553. The SMILES string of the molecule is CCOC(=O)CCCCCc1ncc[nH]1. The Kier molecular flexibility index (Phi) is 5.51. The fraction of sp³-hybridized carbons (Fsp3) is 0.636. The first-order chi connectivity index (χ1) is 7.33. The lowest BCUT2D eigenvalue weighted by Gasteiger charge is -2.01. The Morgan fingerprint density at radius 3 is 3.00 bits per heavy atom. The summed E-state index contributed by atoms with van der Waals surface area (Å²) in [5.41, 5.74) is 0. The zero-order valence-corrected chi connectivity index (χ0v) is 9.16. The van der Waals surface area contributed by atoms with Gasteiger partial charge in [0.25, 0.3) is 0 Å². The molecule has 0 saturated heterocycles. The summed E-state index contributed by atoms with van der Waals surface area (Å²) in [4.78, 5) is 18.2. The molecule has 0 aromatic carbocycles. The number of nitrogens with zero attached hydrogens (tertiary/aromatic N) is 1. The van der Waals surface area contributed by atoms with E-state index in [1.807, 2.05) is 13.1 Å². The summed E-state index contributed by atoms with van der Waals surface area (Å²) in [5, 5.41) is 0. The standard InChI is InChI=1S/C11H18N2O2/c1-2-15-11(14)7-5-3-4-6-10-12-8-9-13-10/h8-9H,2-7H2,1H3,(H,12,13). The van der Waals surface area contributed by atoms with Gasteiger partial charge >= 0.3 is 5.97 Å². The molecule has 0 aliphatic carbocycles. The van der Waals surface area contributed by atoms with Crippen LogP contribution in [0, 0.1) is 0 Å². The number of hydrogen-bond acceptors (Lipinski definition) is 3. The first kappa shape index (κ1) is 11.8. The number of unbranched alkanes of at least 4 members (excludes halogenated alkanes) is 2. The van der Waals surface area contributed by atoms with Crippen LogP contribution in [0.2, 0.25) is 0 Å². The third kappa shape index (κ3) is 5.20. The number of H-pyrrole nitrogens is 1. The number of ether oxygens (including phenoxy) is 1. The predicted octanol–water partition coefficient (Wildman–Crippen LogP) is 2.08. The van der Waals surface area contributed by atoms with Crippen molar-refractivity contribution in [3.05, 3.63) is 18.2 Å². The Balaban J connectivity index is 1.95. The minimum Gasteiger partial charge on any atom is -0.466 e. The third-order valence-corrected chi connectivity index (χ3v) is 2.15. The first-order valence-corrected chi connectivity index (χ1v) is 5.46. The van der Waals surface area contributed by atoms with Gasteiger partial charge in [0.05, 0.1) is 6.61 Å². The molecule has 0 saturated carbocycles. The van der Waals surface area contributed by atoms with Crippen molar-refractivity contribution < 1.29 is 9.53 Å². The predicted molar refractivity (Wildman–Crippen MR) is 57.4 cm³/mol. The first-order valence-electron chi connectivity index (χ1n) is 5.46. The molecule has 1 heterocycles. The summed E-state index contributed by atoms with van der Waals surface area (Å²) in [5.74, 6) is 0.932. The largest absolute Gasteiger partial charge is 0.466 e. The highest BCUT2D eigenvalue weighted by Crippen LogP contribution is 2.04. The fourth-order valence-electron chi connectivity index (χ4n) is 1.41. The van der Waals surface area contributed by atoms with E-state index in [1.54, 1.807) is 6.20 Å². The zero-order chi connectivity index (χ0) is 10.9. The smallest absolute Gasteiger partial charge is 0.305 e. The zero-order valence-electron chi connectivity index (χ0n) is 9.16. The number of carbonyl (C=O) groups excluding carboxylic acids is 1. The summed E-state index contributed by atoms with van der Waals surface area (Å²) < 4.78 is 4.84. The number of nitrogens with one attached hydrogen (secondary N) is 1. The van der Waals surface area contributed by atoms with E-state index in [0.29, 0.717) is 13.0 Å². The lowest BCUT2D eigenvalue weighted by atomic mass is 10.1. The molecule has 4 nitrogen and oxygen atoms in total. The maximum absolute atomic E-state index is 11.0. The third-order valence-electron chi connectivity index (χ3n) is 2.15. The van der Waals surface area contributed by atoms with Gasteiger partial charge in [-0.25, -0.2) is 4.98 Å². The Bertz CT molecular complexity index is 270. The number of imidazole rings is 1. The van der Waals surface area contributed by atoms with Crippen molar-refractivity contribution in [3.8, 4) is 0 Å². The van der Waals surface area contributed by atoms with E-state index >= 15 is 0 Å². The molecule has 0 fully saturated rings. The van der Waals surface area contributed by atoms with E-state index in [1.165, 1.54) is 0 Å². The van der Waals surface area contributed by atoms with E-state index in [4.69, 9.17) is 4.74 Å². The van der Waals surface area contributed by atoms with E-state index in [0.717, 1.165) is 31.5 Å². The number of aromatic amines is 1. The van der Waals surface area contributed by atoms with Crippen LogP contribution in [0.3, 0.4) is 0 Å². The van der Waals surface area contributed by atoms with Crippen LogP contribution in [0.5, 0.6) is 0 Å². The summed E-state index contributed by atoms with van der Waals surface area (Å²) >= 11 is 0. The molecule has 0 radical (unpaired) electrons. The van der Waals surface area contributed by atoms with Gasteiger partial charge in [-0.1, -0.05) is 6.42 Å². The van der Waals surface area contributed by atoms with Crippen LogP contribution < -0.4 is 0 Å². The number of aryl methyl sites for hydroxylation is 1. The molecular weight excluding hydrogens is 192 g/mol. The molecule has 0 bridgehead atoms. The van der Waals surface area contributed by atoms with Crippen LogP contribution in [0.25, 0.3) is 0 Å². The minimum atomic E-state index is -0.0875. The van der Waals surface area contributed by atoms with E-state index in [9.17, 15) is 4.79 Å². The number of rotatable bonds is 7. The second-order valence-electron chi connectivity index (χ2n) is 3.40. The summed E-state index contributed by atoms with van der Waals surface area (Å²) in [7, 11) is 0. The van der Waals surface area contributed by atoms with Gasteiger partial charge in [-0.05, 0) is 19.8 Å². The van der Waals surface area contributed by atoms with Gasteiger partial charge in [0.1, 0.15) is 5.82 Å². The molecular formula is C11H18N2O2. The monoisotopic (exact) mass is 210 g/mol. The number of carbonyl (C=O) groups is 1. The lowest BCUT2D eigenvalue weighted by Crippen LogP contribution is -2.03. The van der Waals surface area contributed by atoms with E-state index in [-0.39, 0.29) is 5.97 Å². The number of aromatic nitrogens is 2. The average Bonchev–Trinajstić information content (AvgIpc) is 2.70. The molecule has 0 aliphatic rings. The molecule has 15 heavy (non-hydrogen) atoms. The van der Waals surface area contributed by atoms with Crippen LogP contribution in [-0.2, 0) is 16.0 Å². The van der Waals surface area contributed by atoms with Crippen molar-refractivity contribution in [3.63, 3.8) is 0 Å². The highest BCUT2D eigenvalue weighted by atomic mass is 16.5. The van der Waals surface area contributed by atoms with Crippen LogP contribution in [0.4, 0.5) is 0 Å². The maximum Gasteiger partial charge on any atom is 0.305 e. The van der Waals surface area contributed by atoms with E-state index < -0.39 is 0 Å². The topological polar surface area (TPSA) is 55.0 Å². The van der Waals surface area contributed by atoms with E-state index in [2.05, 4.69) is 9.97 Å². The molecule has 0 unspecified atom stereocenters. The van der Waals surface area contributed by atoms with Crippen molar-refractivity contribution in [2.45, 2.75) is 39.0 Å². The molecule has 1 rings (SSSR count). The van der Waals surface area contributed by atoms with Gasteiger partial charge in [-0.3, -0.25) is 4.79 Å². The van der Waals surface area contributed by atoms with Gasteiger partial charge in [0.2, 0.25) is 0 Å². The van der Waals surface area contributed by atoms with Crippen molar-refractivity contribution in [2.24, 2.45) is 0 Å². The second-order valence-corrected chi connectivity index (χ2v) is 3.40. The molecule has 0 atom stereocenters.